The van der Waals surface area contributed by atoms with Crippen LogP contribution in [0.15, 0.2) is 54.7 Å². The van der Waals surface area contributed by atoms with Crippen molar-refractivity contribution < 1.29 is 9.59 Å². The van der Waals surface area contributed by atoms with Gasteiger partial charge in [0, 0.05) is 30.9 Å². The van der Waals surface area contributed by atoms with Crippen LogP contribution in [0.2, 0.25) is 0 Å². The van der Waals surface area contributed by atoms with Crippen molar-refractivity contribution in [1.29, 1.82) is 0 Å². The number of aromatic nitrogens is 1. The summed E-state index contributed by atoms with van der Waals surface area (Å²) in [6.07, 6.45) is 2.63. The number of carbonyl (C=O) groups is 2. The summed E-state index contributed by atoms with van der Waals surface area (Å²) >= 11 is 0. The number of nitrogens with one attached hydrogen (secondary N) is 2. The molecule has 2 amide bonds. The van der Waals surface area contributed by atoms with Crippen LogP contribution in [-0.4, -0.2) is 42.5 Å². The van der Waals surface area contributed by atoms with Gasteiger partial charge in [-0.3, -0.25) is 9.59 Å². The number of pyridine rings is 1. The molecule has 1 fully saturated rings. The van der Waals surface area contributed by atoms with Gasteiger partial charge in [0.1, 0.15) is 5.82 Å². The monoisotopic (exact) mass is 324 g/mol. The molecule has 1 aliphatic rings. The molecule has 1 unspecified atom stereocenters. The molecule has 24 heavy (non-hydrogen) atoms. The quantitative estimate of drug-likeness (QED) is 0.867. The molecule has 1 aromatic carbocycles. The van der Waals surface area contributed by atoms with Gasteiger partial charge in [0.15, 0.2) is 0 Å². The number of hydrogen-bond acceptors (Lipinski definition) is 4. The SMILES string of the molecule is O=C(CNC(=O)c1ccccc1)NC1CCN(c2ccccn2)C1. The summed E-state index contributed by atoms with van der Waals surface area (Å²) in [5.74, 6) is 0.506. The lowest BCUT2D eigenvalue weighted by atomic mass is 10.2. The van der Waals surface area contributed by atoms with E-state index in [4.69, 9.17) is 0 Å². The first-order valence-corrected chi connectivity index (χ1v) is 8.01. The Morgan fingerprint density at radius 3 is 2.67 bits per heavy atom. The number of amides is 2. The number of anilines is 1. The summed E-state index contributed by atoms with van der Waals surface area (Å²) < 4.78 is 0. The molecule has 124 valence electrons. The topological polar surface area (TPSA) is 74.3 Å². The first kappa shape index (κ1) is 16.0. The van der Waals surface area contributed by atoms with Crippen molar-refractivity contribution in [2.45, 2.75) is 12.5 Å². The van der Waals surface area contributed by atoms with Crippen LogP contribution in [-0.2, 0) is 4.79 Å². The summed E-state index contributed by atoms with van der Waals surface area (Å²) in [6.45, 7) is 1.57. The van der Waals surface area contributed by atoms with Gasteiger partial charge in [0.2, 0.25) is 5.91 Å². The Kier molecular flexibility index (Phi) is 5.05. The molecule has 0 spiro atoms. The average Bonchev–Trinajstić information content (AvgIpc) is 3.09. The number of nitrogens with zero attached hydrogens (tertiary/aromatic N) is 2. The van der Waals surface area contributed by atoms with Crippen molar-refractivity contribution in [3.8, 4) is 0 Å². The zero-order valence-electron chi connectivity index (χ0n) is 13.3. The van der Waals surface area contributed by atoms with Gasteiger partial charge >= 0.3 is 0 Å². The summed E-state index contributed by atoms with van der Waals surface area (Å²) in [5, 5.41) is 5.60. The fourth-order valence-electron chi connectivity index (χ4n) is 2.76. The van der Waals surface area contributed by atoms with Crippen LogP contribution in [0.1, 0.15) is 16.8 Å². The van der Waals surface area contributed by atoms with Gasteiger partial charge in [-0.25, -0.2) is 4.98 Å². The number of carbonyl (C=O) groups excluding carboxylic acids is 2. The van der Waals surface area contributed by atoms with E-state index < -0.39 is 0 Å². The highest BCUT2D eigenvalue weighted by atomic mass is 16.2. The van der Waals surface area contributed by atoms with E-state index in [0.717, 1.165) is 25.3 Å². The Balaban J connectivity index is 1.44. The van der Waals surface area contributed by atoms with Gasteiger partial charge < -0.3 is 15.5 Å². The van der Waals surface area contributed by atoms with E-state index in [0.29, 0.717) is 5.56 Å². The Labute approximate surface area is 140 Å². The molecule has 1 aliphatic heterocycles. The molecule has 0 radical (unpaired) electrons. The number of hydrogen-bond donors (Lipinski definition) is 2. The molecule has 6 nitrogen and oxygen atoms in total. The lowest BCUT2D eigenvalue weighted by molar-refractivity contribution is -0.120. The molecule has 0 saturated carbocycles. The van der Waals surface area contributed by atoms with Gasteiger partial charge in [0.05, 0.1) is 6.54 Å². The van der Waals surface area contributed by atoms with Crippen LogP contribution >= 0.6 is 0 Å². The van der Waals surface area contributed by atoms with Crippen molar-refractivity contribution in [3.63, 3.8) is 0 Å². The maximum atomic E-state index is 12.0. The maximum Gasteiger partial charge on any atom is 0.251 e. The Bertz CT molecular complexity index is 691. The third-order valence-corrected chi connectivity index (χ3v) is 3.97. The molecular weight excluding hydrogens is 304 g/mol. The maximum absolute atomic E-state index is 12.0. The first-order valence-electron chi connectivity index (χ1n) is 8.01. The Hall–Kier alpha value is -2.89. The van der Waals surface area contributed by atoms with Gasteiger partial charge in [-0.2, -0.15) is 0 Å². The fourth-order valence-corrected chi connectivity index (χ4v) is 2.76. The summed E-state index contributed by atoms with van der Waals surface area (Å²) in [7, 11) is 0. The highest BCUT2D eigenvalue weighted by Gasteiger charge is 2.24. The van der Waals surface area contributed by atoms with E-state index in [-0.39, 0.29) is 24.4 Å². The van der Waals surface area contributed by atoms with E-state index >= 15 is 0 Å². The number of benzene rings is 1. The molecule has 6 heteroatoms. The molecular formula is C18H20N4O2. The second-order valence-electron chi connectivity index (χ2n) is 5.74. The minimum absolute atomic E-state index is 0.0200. The minimum atomic E-state index is -0.243. The van der Waals surface area contributed by atoms with Crippen molar-refractivity contribution in [2.75, 3.05) is 24.5 Å². The van der Waals surface area contributed by atoms with Crippen molar-refractivity contribution in [2.24, 2.45) is 0 Å². The summed E-state index contributed by atoms with van der Waals surface area (Å²) in [6, 6.07) is 14.7. The van der Waals surface area contributed by atoms with Gasteiger partial charge in [-0.1, -0.05) is 24.3 Å². The van der Waals surface area contributed by atoms with Crippen LogP contribution in [0.4, 0.5) is 5.82 Å². The van der Waals surface area contributed by atoms with E-state index in [2.05, 4.69) is 20.5 Å². The van der Waals surface area contributed by atoms with Crippen molar-refractivity contribution >= 4 is 17.6 Å². The lowest BCUT2D eigenvalue weighted by Gasteiger charge is -2.17. The summed E-state index contributed by atoms with van der Waals surface area (Å²) in [4.78, 5) is 30.4. The summed E-state index contributed by atoms with van der Waals surface area (Å²) in [5.41, 5.74) is 0.549. The third-order valence-electron chi connectivity index (χ3n) is 3.97. The van der Waals surface area contributed by atoms with Crippen molar-refractivity contribution in [1.82, 2.24) is 15.6 Å². The van der Waals surface area contributed by atoms with Crippen LogP contribution in [0.5, 0.6) is 0 Å². The second kappa shape index (κ2) is 7.59. The Morgan fingerprint density at radius 2 is 1.92 bits per heavy atom. The van der Waals surface area contributed by atoms with Gasteiger partial charge in [0.25, 0.3) is 5.91 Å². The van der Waals surface area contributed by atoms with E-state index in [9.17, 15) is 9.59 Å². The fraction of sp³-hybridized carbons (Fsp3) is 0.278. The molecule has 0 aliphatic carbocycles. The minimum Gasteiger partial charge on any atom is -0.354 e. The van der Waals surface area contributed by atoms with E-state index in [1.165, 1.54) is 0 Å². The highest BCUT2D eigenvalue weighted by Crippen LogP contribution is 2.17. The van der Waals surface area contributed by atoms with Crippen molar-refractivity contribution in [3.05, 3.63) is 60.3 Å². The standard InChI is InChI=1S/C18H20N4O2/c23-17(12-20-18(24)14-6-2-1-3-7-14)21-15-9-11-22(13-15)16-8-4-5-10-19-16/h1-8,10,15H,9,11-13H2,(H,20,24)(H,21,23). The molecule has 3 rings (SSSR count). The van der Waals surface area contributed by atoms with E-state index in [1.807, 2.05) is 24.3 Å². The predicted octanol–water partition coefficient (Wildman–Crippen LogP) is 1.21. The van der Waals surface area contributed by atoms with Crippen LogP contribution in [0.25, 0.3) is 0 Å². The van der Waals surface area contributed by atoms with Crippen LogP contribution in [0, 0.1) is 0 Å². The zero-order valence-corrected chi connectivity index (χ0v) is 13.3. The molecule has 1 saturated heterocycles. The average molecular weight is 324 g/mol. The number of rotatable bonds is 5. The smallest absolute Gasteiger partial charge is 0.251 e. The normalized spacial score (nSPS) is 16.7. The first-order chi connectivity index (χ1) is 11.7. The predicted molar refractivity (Wildman–Crippen MR) is 91.8 cm³/mol. The Morgan fingerprint density at radius 1 is 1.12 bits per heavy atom. The zero-order chi connectivity index (χ0) is 16.8. The highest BCUT2D eigenvalue weighted by molar-refractivity contribution is 5.96. The molecule has 1 atom stereocenters. The molecule has 0 bridgehead atoms. The van der Waals surface area contributed by atoms with Gasteiger partial charge in [-0.15, -0.1) is 0 Å². The second-order valence-corrected chi connectivity index (χ2v) is 5.74. The van der Waals surface area contributed by atoms with Crippen LogP contribution in [0.3, 0.4) is 0 Å². The molecule has 1 aromatic heterocycles. The third kappa shape index (κ3) is 4.10. The van der Waals surface area contributed by atoms with Gasteiger partial charge in [-0.05, 0) is 30.7 Å². The molecule has 2 aromatic rings. The largest absolute Gasteiger partial charge is 0.354 e. The van der Waals surface area contributed by atoms with Crippen LogP contribution < -0.4 is 15.5 Å². The molecule has 2 N–H and O–H groups in total. The molecule has 2 heterocycles. The van der Waals surface area contributed by atoms with E-state index in [1.54, 1.807) is 30.5 Å². The lowest BCUT2D eigenvalue weighted by Crippen LogP contribution is -2.43.